The molecule has 1 aliphatic heterocycles. The maximum Gasteiger partial charge on any atom is 0.0323 e. The van der Waals surface area contributed by atoms with Crippen LogP contribution in [0, 0.1) is 3.57 Å². The number of hydrogen-bond acceptors (Lipinski definition) is 3. The lowest BCUT2D eigenvalue weighted by Crippen LogP contribution is -2.46. The molecule has 0 bridgehead atoms. The number of rotatable bonds is 7. The van der Waals surface area contributed by atoms with Crippen LogP contribution in [0.5, 0.6) is 0 Å². The summed E-state index contributed by atoms with van der Waals surface area (Å²) in [4.78, 5) is 0. The Balaban J connectivity index is 2.06. The molecule has 0 aliphatic carbocycles. The van der Waals surface area contributed by atoms with Crippen molar-refractivity contribution in [2.24, 2.45) is 0 Å². The molecule has 1 aromatic carbocycles. The van der Waals surface area contributed by atoms with E-state index in [-0.39, 0.29) is 0 Å². The van der Waals surface area contributed by atoms with Crippen molar-refractivity contribution in [2.45, 2.75) is 49.7 Å². The molecule has 0 aromatic heterocycles. The third-order valence-corrected chi connectivity index (χ3v) is 8.04. The topological polar surface area (TPSA) is 12.0 Å². The van der Waals surface area contributed by atoms with Crippen LogP contribution in [0.1, 0.15) is 32.3 Å². The van der Waals surface area contributed by atoms with E-state index in [0.29, 0.717) is 6.04 Å². The zero-order valence-corrected chi connectivity index (χ0v) is 16.8. The highest BCUT2D eigenvalue weighted by molar-refractivity contribution is 14.1. The summed E-state index contributed by atoms with van der Waals surface area (Å²) in [5, 5.41) is 5.39. The van der Waals surface area contributed by atoms with Gasteiger partial charge in [-0.1, -0.05) is 26.0 Å². The molecule has 0 radical (unpaired) electrons. The van der Waals surface area contributed by atoms with E-state index in [9.17, 15) is 0 Å². The Bertz CT molecular complexity index is 410. The highest BCUT2D eigenvalue weighted by Crippen LogP contribution is 2.36. The second-order valence-corrected chi connectivity index (χ2v) is 9.42. The maximum atomic E-state index is 3.83. The first kappa shape index (κ1) is 18.0. The molecule has 4 heteroatoms. The lowest BCUT2D eigenvalue weighted by atomic mass is 10.00. The van der Waals surface area contributed by atoms with Gasteiger partial charge >= 0.3 is 0 Å². The average molecular weight is 435 g/mol. The predicted molar refractivity (Wildman–Crippen MR) is 108 cm³/mol. The lowest BCUT2D eigenvalue weighted by molar-refractivity contribution is 0.477. The molecule has 1 saturated heterocycles. The van der Waals surface area contributed by atoms with Crippen LogP contribution in [0.2, 0.25) is 0 Å². The largest absolute Gasteiger partial charge is 0.313 e. The van der Waals surface area contributed by atoms with E-state index in [1.807, 2.05) is 0 Å². The first-order chi connectivity index (χ1) is 10.2. The summed E-state index contributed by atoms with van der Waals surface area (Å²) >= 11 is 6.76. The predicted octanol–water partition coefficient (Wildman–Crippen LogP) is 4.83. The third-order valence-electron chi connectivity index (χ3n) is 3.92. The van der Waals surface area contributed by atoms with Crippen molar-refractivity contribution in [3.8, 4) is 0 Å². The van der Waals surface area contributed by atoms with Crippen molar-refractivity contribution in [3.63, 3.8) is 0 Å². The second-order valence-electron chi connectivity index (χ2n) is 5.54. The SMILES string of the molecule is CCCNC(Cc1ccc(I)cc1)C1SCCSC1CC. The minimum Gasteiger partial charge on any atom is -0.313 e. The summed E-state index contributed by atoms with van der Waals surface area (Å²) in [6.45, 7) is 5.74. The fourth-order valence-electron chi connectivity index (χ4n) is 2.82. The molecule has 2 rings (SSSR count). The minimum atomic E-state index is 0.604. The van der Waals surface area contributed by atoms with Gasteiger partial charge in [-0.3, -0.25) is 0 Å². The highest BCUT2D eigenvalue weighted by Gasteiger charge is 2.31. The summed E-state index contributed by atoms with van der Waals surface area (Å²) < 4.78 is 1.32. The van der Waals surface area contributed by atoms with Crippen molar-refractivity contribution in [1.82, 2.24) is 5.32 Å². The van der Waals surface area contributed by atoms with Crippen molar-refractivity contribution >= 4 is 46.1 Å². The van der Waals surface area contributed by atoms with Crippen LogP contribution in [0.3, 0.4) is 0 Å². The monoisotopic (exact) mass is 435 g/mol. The molecule has 1 nitrogen and oxygen atoms in total. The molecule has 3 atom stereocenters. The number of hydrogen-bond donors (Lipinski definition) is 1. The van der Waals surface area contributed by atoms with E-state index in [4.69, 9.17) is 0 Å². The number of thioether (sulfide) groups is 2. The van der Waals surface area contributed by atoms with E-state index in [2.05, 4.69) is 89.5 Å². The fraction of sp³-hybridized carbons (Fsp3) is 0.647. The van der Waals surface area contributed by atoms with Crippen LogP contribution >= 0.6 is 46.1 Å². The van der Waals surface area contributed by atoms with Crippen LogP contribution in [-0.4, -0.2) is 34.6 Å². The maximum absolute atomic E-state index is 3.83. The van der Waals surface area contributed by atoms with Gasteiger partial charge < -0.3 is 5.32 Å². The zero-order chi connectivity index (χ0) is 15.1. The average Bonchev–Trinajstić information content (AvgIpc) is 2.53. The summed E-state index contributed by atoms with van der Waals surface area (Å²) in [5.41, 5.74) is 1.47. The summed E-state index contributed by atoms with van der Waals surface area (Å²) in [7, 11) is 0. The van der Waals surface area contributed by atoms with Gasteiger partial charge in [0.25, 0.3) is 0 Å². The number of halogens is 1. The van der Waals surface area contributed by atoms with Crippen molar-refractivity contribution in [1.29, 1.82) is 0 Å². The van der Waals surface area contributed by atoms with Gasteiger partial charge in [0.1, 0.15) is 0 Å². The van der Waals surface area contributed by atoms with Gasteiger partial charge in [0.05, 0.1) is 0 Å². The Hall–Kier alpha value is 0.610. The van der Waals surface area contributed by atoms with E-state index in [0.717, 1.165) is 23.5 Å². The molecule has 1 N–H and O–H groups in total. The molecule has 0 saturated carbocycles. The molecule has 1 heterocycles. The van der Waals surface area contributed by atoms with Gasteiger partial charge in [0.15, 0.2) is 0 Å². The zero-order valence-electron chi connectivity index (χ0n) is 13.0. The van der Waals surface area contributed by atoms with Crippen molar-refractivity contribution < 1.29 is 0 Å². The van der Waals surface area contributed by atoms with Crippen molar-refractivity contribution in [3.05, 3.63) is 33.4 Å². The van der Waals surface area contributed by atoms with Gasteiger partial charge in [-0.15, -0.1) is 0 Å². The summed E-state index contributed by atoms with van der Waals surface area (Å²) in [6, 6.07) is 9.65. The number of nitrogens with one attached hydrogen (secondary N) is 1. The smallest absolute Gasteiger partial charge is 0.0323 e. The molecular formula is C17H26INS2. The van der Waals surface area contributed by atoms with E-state index in [1.165, 1.54) is 33.5 Å². The van der Waals surface area contributed by atoms with Crippen LogP contribution in [0.15, 0.2) is 24.3 Å². The summed E-state index contributed by atoms with van der Waals surface area (Å²) in [6.07, 6.45) is 3.66. The van der Waals surface area contributed by atoms with Crippen molar-refractivity contribution in [2.75, 3.05) is 18.1 Å². The lowest BCUT2D eigenvalue weighted by Gasteiger charge is -2.36. The second kappa shape index (κ2) is 9.68. The van der Waals surface area contributed by atoms with Crippen LogP contribution in [0.25, 0.3) is 0 Å². The normalized spacial score (nSPS) is 24.0. The quantitative estimate of drug-likeness (QED) is 0.617. The fourth-order valence-corrected chi connectivity index (χ4v) is 6.44. The van der Waals surface area contributed by atoms with Crippen LogP contribution in [-0.2, 0) is 6.42 Å². The van der Waals surface area contributed by atoms with Gasteiger partial charge in [-0.25, -0.2) is 0 Å². The number of benzene rings is 1. The van der Waals surface area contributed by atoms with E-state index >= 15 is 0 Å². The molecule has 0 spiro atoms. The molecule has 0 amide bonds. The Kier molecular flexibility index (Phi) is 8.28. The van der Waals surface area contributed by atoms with Crippen LogP contribution in [0.4, 0.5) is 0 Å². The third kappa shape index (κ3) is 5.63. The molecule has 1 fully saturated rings. The van der Waals surface area contributed by atoms with E-state index in [1.54, 1.807) is 0 Å². The highest BCUT2D eigenvalue weighted by atomic mass is 127. The molecule has 21 heavy (non-hydrogen) atoms. The van der Waals surface area contributed by atoms with Gasteiger partial charge in [-0.05, 0) is 66.1 Å². The minimum absolute atomic E-state index is 0.604. The molecule has 1 aromatic rings. The Morgan fingerprint density at radius 3 is 2.57 bits per heavy atom. The molecule has 3 unspecified atom stereocenters. The van der Waals surface area contributed by atoms with Crippen LogP contribution < -0.4 is 5.32 Å². The molecule has 1 aliphatic rings. The first-order valence-corrected chi connectivity index (χ1v) is 11.1. The Morgan fingerprint density at radius 2 is 1.90 bits per heavy atom. The van der Waals surface area contributed by atoms with Gasteiger partial charge in [-0.2, -0.15) is 23.5 Å². The standard InChI is InChI=1S/C17H26INS2/c1-3-9-19-15(12-13-5-7-14(18)8-6-13)17-16(4-2)20-10-11-21-17/h5-8,15-17,19H,3-4,9-12H2,1-2H3. The van der Waals surface area contributed by atoms with E-state index < -0.39 is 0 Å². The molecular weight excluding hydrogens is 409 g/mol. The first-order valence-electron chi connectivity index (χ1n) is 7.95. The Morgan fingerprint density at radius 1 is 1.19 bits per heavy atom. The van der Waals surface area contributed by atoms with Gasteiger partial charge in [0.2, 0.25) is 0 Å². The summed E-state index contributed by atoms with van der Waals surface area (Å²) in [5.74, 6) is 2.63. The molecule has 118 valence electrons. The Labute approximate surface area is 151 Å². The van der Waals surface area contributed by atoms with Gasteiger partial charge in [0, 0.05) is 31.6 Å².